The molecule has 0 aliphatic heterocycles. The highest BCUT2D eigenvalue weighted by molar-refractivity contribution is 5.97. The molecule has 0 spiro atoms. The standard InChI is InChI=1S/C6H7N3/c7-5-3-1-2-4-6(5)9-8/h1-3H,4,7H2. The molecule has 0 fully saturated rings. The van der Waals surface area contributed by atoms with Gasteiger partial charge in [0.05, 0.1) is 6.42 Å². The third-order valence-corrected chi connectivity index (χ3v) is 1.18. The molecule has 1 aliphatic rings. The second-order valence-corrected chi connectivity index (χ2v) is 1.80. The van der Waals surface area contributed by atoms with Gasteiger partial charge in [-0.25, -0.2) is 0 Å². The molecule has 3 heteroatoms. The summed E-state index contributed by atoms with van der Waals surface area (Å²) in [5.74, 6) is 0. The summed E-state index contributed by atoms with van der Waals surface area (Å²) in [7, 11) is 0. The predicted octanol–water partition coefficient (Wildman–Crippen LogP) is 0.460. The third-order valence-electron chi connectivity index (χ3n) is 1.18. The van der Waals surface area contributed by atoms with Crippen molar-refractivity contribution < 1.29 is 4.79 Å². The van der Waals surface area contributed by atoms with Crippen molar-refractivity contribution in [1.82, 2.24) is 0 Å². The smallest absolute Gasteiger partial charge is 0.318 e. The molecule has 0 radical (unpaired) electrons. The quantitative estimate of drug-likeness (QED) is 0.367. The SMILES string of the molecule is [N-]=[N+]=C1CC=CC=C1N. The molecule has 0 saturated heterocycles. The molecule has 0 aromatic carbocycles. The van der Waals surface area contributed by atoms with E-state index in [-0.39, 0.29) is 0 Å². The molecular weight excluding hydrogens is 114 g/mol. The van der Waals surface area contributed by atoms with Gasteiger partial charge in [-0.3, -0.25) is 0 Å². The maximum atomic E-state index is 8.29. The second kappa shape index (κ2) is 2.29. The summed E-state index contributed by atoms with van der Waals surface area (Å²) >= 11 is 0. The Morgan fingerprint density at radius 1 is 1.67 bits per heavy atom. The van der Waals surface area contributed by atoms with E-state index in [1.807, 2.05) is 12.2 Å². The first-order chi connectivity index (χ1) is 4.34. The fourth-order valence-corrected chi connectivity index (χ4v) is 0.664. The van der Waals surface area contributed by atoms with Crippen LogP contribution >= 0.6 is 0 Å². The van der Waals surface area contributed by atoms with Gasteiger partial charge in [-0.2, -0.15) is 4.79 Å². The number of allylic oxidation sites excluding steroid dienone is 4. The number of nitrogens with zero attached hydrogens (tertiary/aromatic N) is 2. The first-order valence-corrected chi connectivity index (χ1v) is 2.68. The Morgan fingerprint density at radius 3 is 2.89 bits per heavy atom. The maximum Gasteiger partial charge on any atom is 0.318 e. The molecule has 0 saturated carbocycles. The van der Waals surface area contributed by atoms with E-state index in [1.54, 1.807) is 6.08 Å². The normalized spacial score (nSPS) is 16.9. The number of nitrogens with two attached hydrogens (primary N) is 1. The van der Waals surface area contributed by atoms with Crippen molar-refractivity contribution in [2.45, 2.75) is 6.42 Å². The van der Waals surface area contributed by atoms with E-state index in [2.05, 4.69) is 4.79 Å². The third kappa shape index (κ3) is 1.06. The fourth-order valence-electron chi connectivity index (χ4n) is 0.664. The summed E-state index contributed by atoms with van der Waals surface area (Å²) in [6.07, 6.45) is 6.05. The van der Waals surface area contributed by atoms with E-state index < -0.39 is 0 Å². The minimum Gasteiger partial charge on any atom is -0.393 e. The molecule has 0 unspecified atom stereocenters. The Bertz CT molecular complexity index is 218. The predicted molar refractivity (Wildman–Crippen MR) is 34.7 cm³/mol. The van der Waals surface area contributed by atoms with Crippen LogP contribution in [0.1, 0.15) is 6.42 Å². The van der Waals surface area contributed by atoms with Crippen molar-refractivity contribution in [1.29, 1.82) is 0 Å². The van der Waals surface area contributed by atoms with E-state index in [0.717, 1.165) is 0 Å². The molecule has 3 nitrogen and oxygen atoms in total. The Kier molecular flexibility index (Phi) is 1.47. The Balaban J connectivity index is 2.96. The minimum atomic E-state index is 0.539. The van der Waals surface area contributed by atoms with E-state index in [9.17, 15) is 0 Å². The lowest BCUT2D eigenvalue weighted by Crippen LogP contribution is -2.13. The molecule has 0 bridgehead atoms. The first kappa shape index (κ1) is 5.79. The van der Waals surface area contributed by atoms with Crippen LogP contribution < -0.4 is 5.73 Å². The van der Waals surface area contributed by atoms with Crippen molar-refractivity contribution in [2.75, 3.05) is 0 Å². The van der Waals surface area contributed by atoms with Gasteiger partial charge < -0.3 is 11.3 Å². The van der Waals surface area contributed by atoms with Gasteiger partial charge in [0.1, 0.15) is 5.70 Å². The molecule has 0 aromatic rings. The topological polar surface area (TPSA) is 62.4 Å². The summed E-state index contributed by atoms with van der Waals surface area (Å²) in [5, 5.41) is 0. The van der Waals surface area contributed by atoms with Crippen LogP contribution in [0.3, 0.4) is 0 Å². The van der Waals surface area contributed by atoms with Gasteiger partial charge in [-0.1, -0.05) is 12.2 Å². The van der Waals surface area contributed by atoms with Crippen molar-refractivity contribution in [3.05, 3.63) is 29.5 Å². The van der Waals surface area contributed by atoms with Crippen molar-refractivity contribution in [2.24, 2.45) is 5.73 Å². The summed E-state index contributed by atoms with van der Waals surface area (Å²) in [6, 6.07) is 0. The Morgan fingerprint density at radius 2 is 2.44 bits per heavy atom. The largest absolute Gasteiger partial charge is 0.393 e. The zero-order chi connectivity index (χ0) is 6.69. The summed E-state index contributed by atoms with van der Waals surface area (Å²) < 4.78 is 0. The molecule has 0 aromatic heterocycles. The Labute approximate surface area is 53.1 Å². The summed E-state index contributed by atoms with van der Waals surface area (Å²) in [6.45, 7) is 0. The van der Waals surface area contributed by atoms with Crippen LogP contribution in [-0.2, 0) is 0 Å². The Hall–Kier alpha value is -1.34. The van der Waals surface area contributed by atoms with Gasteiger partial charge in [-0.15, -0.1) is 0 Å². The highest BCUT2D eigenvalue weighted by Crippen LogP contribution is 2.00. The van der Waals surface area contributed by atoms with Crippen LogP contribution in [-0.4, -0.2) is 10.5 Å². The van der Waals surface area contributed by atoms with Crippen LogP contribution in [0.4, 0.5) is 0 Å². The van der Waals surface area contributed by atoms with E-state index in [1.165, 1.54) is 0 Å². The average molecular weight is 121 g/mol. The highest BCUT2D eigenvalue weighted by Gasteiger charge is 2.10. The average Bonchev–Trinajstić information content (AvgIpc) is 1.89. The first-order valence-electron chi connectivity index (χ1n) is 2.68. The molecule has 1 rings (SSSR count). The zero-order valence-corrected chi connectivity index (χ0v) is 4.91. The van der Waals surface area contributed by atoms with Crippen LogP contribution in [0.5, 0.6) is 0 Å². The molecule has 9 heavy (non-hydrogen) atoms. The number of hydrogen-bond donors (Lipinski definition) is 1. The number of rotatable bonds is 0. The van der Waals surface area contributed by atoms with Gasteiger partial charge in [0.25, 0.3) is 0 Å². The monoisotopic (exact) mass is 121 g/mol. The van der Waals surface area contributed by atoms with Gasteiger partial charge in [-0.05, 0) is 6.08 Å². The second-order valence-electron chi connectivity index (χ2n) is 1.80. The number of hydrogen-bond acceptors (Lipinski definition) is 1. The fraction of sp³-hybridized carbons (Fsp3) is 0.167. The lowest BCUT2D eigenvalue weighted by atomic mass is 10.1. The molecule has 46 valence electrons. The van der Waals surface area contributed by atoms with E-state index in [4.69, 9.17) is 11.3 Å². The molecule has 0 heterocycles. The molecule has 0 atom stereocenters. The maximum absolute atomic E-state index is 8.29. The van der Waals surface area contributed by atoms with Crippen LogP contribution in [0.25, 0.3) is 5.53 Å². The van der Waals surface area contributed by atoms with Crippen molar-refractivity contribution in [3.63, 3.8) is 0 Å². The van der Waals surface area contributed by atoms with Crippen molar-refractivity contribution in [3.8, 4) is 0 Å². The lowest BCUT2D eigenvalue weighted by molar-refractivity contribution is -0.00656. The molecule has 2 N–H and O–H groups in total. The highest BCUT2D eigenvalue weighted by atomic mass is 14.9. The van der Waals surface area contributed by atoms with Gasteiger partial charge in [0.15, 0.2) is 0 Å². The summed E-state index contributed by atoms with van der Waals surface area (Å²) in [4.78, 5) is 3.00. The molecule has 1 aliphatic carbocycles. The van der Waals surface area contributed by atoms with Crippen molar-refractivity contribution >= 4 is 5.71 Å². The minimum absolute atomic E-state index is 0.539. The van der Waals surface area contributed by atoms with Crippen LogP contribution in [0, 0.1) is 0 Å². The van der Waals surface area contributed by atoms with E-state index >= 15 is 0 Å². The molecule has 0 amide bonds. The van der Waals surface area contributed by atoms with E-state index in [0.29, 0.717) is 17.8 Å². The van der Waals surface area contributed by atoms with Gasteiger partial charge >= 0.3 is 5.71 Å². The van der Waals surface area contributed by atoms with Crippen LogP contribution in [0.2, 0.25) is 0 Å². The lowest BCUT2D eigenvalue weighted by Gasteiger charge is -1.94. The zero-order valence-electron chi connectivity index (χ0n) is 4.91. The molecular formula is C6H7N3. The van der Waals surface area contributed by atoms with Gasteiger partial charge in [0, 0.05) is 0 Å². The van der Waals surface area contributed by atoms with Crippen LogP contribution in [0.15, 0.2) is 23.9 Å². The van der Waals surface area contributed by atoms with Gasteiger partial charge in [0.2, 0.25) is 0 Å². The summed E-state index contributed by atoms with van der Waals surface area (Å²) in [5.41, 5.74) is 14.8.